The van der Waals surface area contributed by atoms with Crippen LogP contribution in [-0.4, -0.2) is 0 Å². The van der Waals surface area contributed by atoms with Crippen molar-refractivity contribution in [3.05, 3.63) is 182 Å². The van der Waals surface area contributed by atoms with Crippen molar-refractivity contribution in [2.45, 2.75) is 0 Å². The third kappa shape index (κ3) is 4.22. The van der Waals surface area contributed by atoms with E-state index in [0.717, 1.165) is 21.9 Å². The normalized spacial score (nSPS) is 11.9. The summed E-state index contributed by atoms with van der Waals surface area (Å²) in [7, 11) is 0. The van der Waals surface area contributed by atoms with Crippen molar-refractivity contribution in [1.82, 2.24) is 0 Å². The van der Waals surface area contributed by atoms with Crippen LogP contribution >= 0.6 is 0 Å². The summed E-state index contributed by atoms with van der Waals surface area (Å²) in [6.45, 7) is 0. The van der Waals surface area contributed by atoms with Crippen LogP contribution < -0.4 is 0 Å². The SMILES string of the molecule is c1ccc2cc(-c3c4ccccc4c(-c4ccc(-c5cc6oc7c8ccccc8ccc7c6c6ccccc56)cc4)c4ccccc34)ccc2c1. The van der Waals surface area contributed by atoms with Crippen molar-refractivity contribution in [3.8, 4) is 33.4 Å². The number of benzene rings is 10. The van der Waals surface area contributed by atoms with E-state index in [9.17, 15) is 0 Å². The predicted octanol–water partition coefficient (Wildman–Crippen LogP) is 14.4. The molecule has 0 bridgehead atoms. The summed E-state index contributed by atoms with van der Waals surface area (Å²) >= 11 is 0. The average Bonchev–Trinajstić information content (AvgIpc) is 3.59. The summed E-state index contributed by atoms with van der Waals surface area (Å²) in [5.74, 6) is 0. The van der Waals surface area contributed by atoms with Gasteiger partial charge >= 0.3 is 0 Å². The Bertz CT molecular complexity index is 3120. The minimum atomic E-state index is 0.917. The molecule has 0 N–H and O–H groups in total. The van der Waals surface area contributed by atoms with Crippen LogP contribution in [0.3, 0.4) is 0 Å². The molecule has 0 aliphatic heterocycles. The molecule has 1 heterocycles. The molecule has 51 heavy (non-hydrogen) atoms. The van der Waals surface area contributed by atoms with Crippen LogP contribution in [0.4, 0.5) is 0 Å². The maximum absolute atomic E-state index is 6.70. The first kappa shape index (κ1) is 28.2. The van der Waals surface area contributed by atoms with E-state index in [-0.39, 0.29) is 0 Å². The summed E-state index contributed by atoms with van der Waals surface area (Å²) in [5.41, 5.74) is 9.21. The van der Waals surface area contributed by atoms with Crippen LogP contribution in [0.1, 0.15) is 0 Å². The van der Waals surface area contributed by atoms with Crippen molar-refractivity contribution in [3.63, 3.8) is 0 Å². The Morgan fingerprint density at radius 1 is 0.294 bits per heavy atom. The van der Waals surface area contributed by atoms with E-state index in [2.05, 4.69) is 182 Å². The van der Waals surface area contributed by atoms with Crippen LogP contribution in [-0.2, 0) is 0 Å². The van der Waals surface area contributed by atoms with E-state index < -0.39 is 0 Å². The number of fused-ring (bicyclic) bond motifs is 10. The third-order valence-electron chi connectivity index (χ3n) is 10.8. The maximum Gasteiger partial charge on any atom is 0.143 e. The van der Waals surface area contributed by atoms with E-state index >= 15 is 0 Å². The Morgan fingerprint density at radius 3 is 1.47 bits per heavy atom. The second kappa shape index (κ2) is 10.9. The number of hydrogen-bond donors (Lipinski definition) is 0. The maximum atomic E-state index is 6.70. The highest BCUT2D eigenvalue weighted by Crippen LogP contribution is 2.46. The molecule has 236 valence electrons. The molecular weight excluding hydrogens is 617 g/mol. The Hall–Kier alpha value is -6.70. The molecule has 0 aliphatic rings. The molecule has 1 nitrogen and oxygen atoms in total. The lowest BCUT2D eigenvalue weighted by Crippen LogP contribution is -1.91. The Balaban J connectivity index is 1.11. The fourth-order valence-electron chi connectivity index (χ4n) is 8.52. The number of rotatable bonds is 3. The van der Waals surface area contributed by atoms with Gasteiger partial charge in [-0.2, -0.15) is 0 Å². The summed E-state index contributed by atoms with van der Waals surface area (Å²) in [6, 6.07) is 66.3. The van der Waals surface area contributed by atoms with Gasteiger partial charge < -0.3 is 4.42 Å². The average molecular weight is 647 g/mol. The van der Waals surface area contributed by atoms with E-state index in [1.165, 1.54) is 87.2 Å². The molecule has 0 radical (unpaired) electrons. The lowest BCUT2D eigenvalue weighted by Gasteiger charge is -2.18. The molecule has 11 aromatic rings. The zero-order valence-corrected chi connectivity index (χ0v) is 27.7. The fourth-order valence-corrected chi connectivity index (χ4v) is 8.52. The van der Waals surface area contributed by atoms with Crippen LogP contribution in [0, 0.1) is 0 Å². The monoisotopic (exact) mass is 646 g/mol. The zero-order valence-electron chi connectivity index (χ0n) is 27.7. The van der Waals surface area contributed by atoms with Crippen LogP contribution in [0.25, 0.3) is 109 Å². The lowest BCUT2D eigenvalue weighted by molar-refractivity contribution is 0.673. The van der Waals surface area contributed by atoms with Gasteiger partial charge in [-0.25, -0.2) is 0 Å². The molecule has 0 atom stereocenters. The Kier molecular flexibility index (Phi) is 6.02. The second-order valence-electron chi connectivity index (χ2n) is 13.6. The molecule has 0 aliphatic carbocycles. The lowest BCUT2D eigenvalue weighted by atomic mass is 9.85. The quantitative estimate of drug-likeness (QED) is 0.174. The van der Waals surface area contributed by atoms with E-state index in [4.69, 9.17) is 4.42 Å². The van der Waals surface area contributed by atoms with E-state index in [1.54, 1.807) is 0 Å². The highest BCUT2D eigenvalue weighted by atomic mass is 16.3. The van der Waals surface area contributed by atoms with Gasteiger partial charge in [-0.05, 0) is 100 Å². The second-order valence-corrected chi connectivity index (χ2v) is 13.6. The zero-order chi connectivity index (χ0) is 33.5. The van der Waals surface area contributed by atoms with Crippen molar-refractivity contribution in [1.29, 1.82) is 0 Å². The van der Waals surface area contributed by atoms with Crippen molar-refractivity contribution < 1.29 is 4.42 Å². The highest BCUT2D eigenvalue weighted by Gasteiger charge is 2.19. The van der Waals surface area contributed by atoms with Gasteiger partial charge in [0.2, 0.25) is 0 Å². The van der Waals surface area contributed by atoms with Crippen molar-refractivity contribution in [2.24, 2.45) is 0 Å². The van der Waals surface area contributed by atoms with Gasteiger partial charge in [-0.15, -0.1) is 0 Å². The molecule has 1 aromatic heterocycles. The molecule has 0 saturated carbocycles. The minimum Gasteiger partial charge on any atom is -0.455 e. The fraction of sp³-hybridized carbons (Fsp3) is 0. The molecule has 1 heteroatoms. The summed E-state index contributed by atoms with van der Waals surface area (Å²) in [5, 5.41) is 14.7. The molecule has 10 aromatic carbocycles. The molecule has 0 amide bonds. The first-order valence-corrected chi connectivity index (χ1v) is 17.6. The van der Waals surface area contributed by atoms with Crippen LogP contribution in [0.5, 0.6) is 0 Å². The summed E-state index contributed by atoms with van der Waals surface area (Å²) in [6.07, 6.45) is 0. The van der Waals surface area contributed by atoms with Crippen LogP contribution in [0.15, 0.2) is 186 Å². The molecule has 0 unspecified atom stereocenters. The third-order valence-corrected chi connectivity index (χ3v) is 10.8. The molecular formula is C50H30O. The first-order chi connectivity index (χ1) is 25.3. The number of furan rings is 1. The standard InChI is InChI=1S/C50H30O/c1-2-13-35-29-36(26-21-31(35)11-1)48-42-19-9-7-17-40(42)47(41-18-8-10-20-43(41)48)34-24-22-33(23-25-34)45-30-46-49(39-16-6-5-15-38(39)45)44-28-27-32-12-3-4-14-37(32)50(44)51-46/h1-30H. The largest absolute Gasteiger partial charge is 0.455 e. The predicted molar refractivity (Wildman–Crippen MR) is 218 cm³/mol. The van der Waals surface area contributed by atoms with Crippen molar-refractivity contribution >= 4 is 75.8 Å². The summed E-state index contributed by atoms with van der Waals surface area (Å²) in [4.78, 5) is 0. The van der Waals surface area contributed by atoms with Gasteiger partial charge in [0, 0.05) is 16.2 Å². The van der Waals surface area contributed by atoms with Gasteiger partial charge in [0.1, 0.15) is 11.2 Å². The highest BCUT2D eigenvalue weighted by molar-refractivity contribution is 6.26. The Morgan fingerprint density at radius 2 is 0.784 bits per heavy atom. The van der Waals surface area contributed by atoms with Crippen LogP contribution in [0.2, 0.25) is 0 Å². The molecule has 0 saturated heterocycles. The van der Waals surface area contributed by atoms with E-state index in [1.807, 2.05) is 0 Å². The first-order valence-electron chi connectivity index (χ1n) is 17.6. The number of hydrogen-bond acceptors (Lipinski definition) is 1. The van der Waals surface area contributed by atoms with Gasteiger partial charge in [0.05, 0.1) is 0 Å². The Labute approximate surface area is 294 Å². The van der Waals surface area contributed by atoms with Gasteiger partial charge in [-0.3, -0.25) is 0 Å². The van der Waals surface area contributed by atoms with E-state index in [0.29, 0.717) is 0 Å². The van der Waals surface area contributed by atoms with Gasteiger partial charge in [0.25, 0.3) is 0 Å². The smallest absolute Gasteiger partial charge is 0.143 e. The minimum absolute atomic E-state index is 0.917. The van der Waals surface area contributed by atoms with Gasteiger partial charge in [0.15, 0.2) is 0 Å². The van der Waals surface area contributed by atoms with Gasteiger partial charge in [-0.1, -0.05) is 164 Å². The summed E-state index contributed by atoms with van der Waals surface area (Å²) < 4.78 is 6.70. The molecule has 0 fully saturated rings. The van der Waals surface area contributed by atoms with Crippen molar-refractivity contribution in [2.75, 3.05) is 0 Å². The molecule has 11 rings (SSSR count). The topological polar surface area (TPSA) is 13.1 Å². The molecule has 0 spiro atoms.